The van der Waals surface area contributed by atoms with Crippen LogP contribution < -0.4 is 14.4 Å². The van der Waals surface area contributed by atoms with Gasteiger partial charge in [-0.25, -0.2) is 0 Å². The molecule has 2 heterocycles. The summed E-state index contributed by atoms with van der Waals surface area (Å²) in [7, 11) is 0. The van der Waals surface area contributed by atoms with Crippen molar-refractivity contribution in [2.75, 3.05) is 4.90 Å². The van der Waals surface area contributed by atoms with E-state index in [1.165, 1.54) is 5.56 Å². The average Bonchev–Trinajstić information content (AvgIpc) is 3.24. The van der Waals surface area contributed by atoms with E-state index in [-0.39, 0.29) is 23.8 Å². The number of amides is 1. The fraction of sp³-hybridized carbons (Fsp3) is 0.333. The molecule has 3 aromatic carbocycles. The van der Waals surface area contributed by atoms with Gasteiger partial charge < -0.3 is 14.4 Å². The lowest BCUT2D eigenvalue weighted by Gasteiger charge is -2.32. The van der Waals surface area contributed by atoms with Crippen LogP contribution in [0.1, 0.15) is 60.5 Å². The van der Waals surface area contributed by atoms with Crippen LogP contribution in [0.25, 0.3) is 0 Å². The van der Waals surface area contributed by atoms with Crippen LogP contribution in [0.2, 0.25) is 0 Å². The van der Waals surface area contributed by atoms with Crippen molar-refractivity contribution in [3.05, 3.63) is 89.5 Å². The number of ether oxygens (including phenoxy) is 2. The summed E-state index contributed by atoms with van der Waals surface area (Å²) in [5.41, 5.74) is 3.46. The number of anilines is 1. The minimum absolute atomic E-state index is 0.0110. The molecule has 2 unspecified atom stereocenters. The number of carbonyl (C=O) groups is 2. The normalized spacial score (nSPS) is 17.6. The third-order valence-electron chi connectivity index (χ3n) is 6.83. The smallest absolute Gasteiger partial charge is 0.227 e. The molecular weight excluding hydrogens is 438 g/mol. The van der Waals surface area contributed by atoms with E-state index < -0.39 is 0 Å². The van der Waals surface area contributed by atoms with Crippen molar-refractivity contribution in [3.8, 4) is 11.5 Å². The van der Waals surface area contributed by atoms with E-state index in [4.69, 9.17) is 9.47 Å². The van der Waals surface area contributed by atoms with Gasteiger partial charge >= 0.3 is 0 Å². The molecule has 0 aromatic heterocycles. The molecular formula is C30H31NO4. The molecule has 1 fully saturated rings. The summed E-state index contributed by atoms with van der Waals surface area (Å²) < 4.78 is 12.5. The molecule has 2 aliphatic rings. The molecule has 2 aliphatic heterocycles. The van der Waals surface area contributed by atoms with Gasteiger partial charge in [-0.1, -0.05) is 60.7 Å². The highest BCUT2D eigenvalue weighted by Gasteiger charge is 2.41. The molecule has 0 saturated carbocycles. The second kappa shape index (κ2) is 10.3. The third kappa shape index (κ3) is 5.24. The lowest BCUT2D eigenvalue weighted by molar-refractivity contribution is -0.117. The number of nitrogens with zero attached hydrogens (tertiary/aromatic N) is 1. The van der Waals surface area contributed by atoms with Crippen molar-refractivity contribution >= 4 is 17.4 Å². The minimum atomic E-state index is -0.0666. The third-order valence-corrected chi connectivity index (χ3v) is 6.83. The number of aryl methyl sites for hydroxylation is 1. The molecule has 0 spiro atoms. The number of benzene rings is 3. The van der Waals surface area contributed by atoms with Crippen LogP contribution in [0, 0.1) is 0 Å². The Kier molecular flexibility index (Phi) is 6.84. The fourth-order valence-corrected chi connectivity index (χ4v) is 5.08. The van der Waals surface area contributed by atoms with Gasteiger partial charge in [0.2, 0.25) is 5.91 Å². The molecule has 1 saturated heterocycles. The monoisotopic (exact) mass is 469 g/mol. The van der Waals surface area contributed by atoms with Gasteiger partial charge in [-0.2, -0.15) is 0 Å². The maximum Gasteiger partial charge on any atom is 0.227 e. The lowest BCUT2D eigenvalue weighted by atomic mass is 9.94. The van der Waals surface area contributed by atoms with E-state index in [0.29, 0.717) is 48.6 Å². The number of Topliss-reactive ketones (excluding diaryl/α,β-unsaturated/α-hetero) is 1. The number of fused-ring (bicyclic) bond motifs is 3. The largest absolute Gasteiger partial charge is 0.491 e. The second-order valence-corrected chi connectivity index (χ2v) is 9.48. The van der Waals surface area contributed by atoms with Crippen LogP contribution in [-0.2, 0) is 17.8 Å². The Bertz CT molecular complexity index is 1190. The predicted octanol–water partition coefficient (Wildman–Crippen LogP) is 6.14. The highest BCUT2D eigenvalue weighted by molar-refractivity contribution is 6.12. The topological polar surface area (TPSA) is 55.8 Å². The zero-order valence-electron chi connectivity index (χ0n) is 20.1. The van der Waals surface area contributed by atoms with E-state index in [1.54, 1.807) is 4.90 Å². The van der Waals surface area contributed by atoms with Gasteiger partial charge in [-0.05, 0) is 43.7 Å². The first kappa shape index (κ1) is 23.2. The molecule has 2 atom stereocenters. The molecule has 0 bridgehead atoms. The Labute approximate surface area is 206 Å². The summed E-state index contributed by atoms with van der Waals surface area (Å²) in [5.74, 6) is 1.21. The Hall–Kier alpha value is -3.60. The molecule has 180 valence electrons. The first-order valence-electron chi connectivity index (χ1n) is 12.5. The highest BCUT2D eigenvalue weighted by atomic mass is 16.5. The number of hydrogen-bond acceptors (Lipinski definition) is 4. The van der Waals surface area contributed by atoms with Crippen molar-refractivity contribution in [3.63, 3.8) is 0 Å². The number of ketones is 1. The number of carbonyl (C=O) groups excluding carboxylic acids is 2. The Morgan fingerprint density at radius 1 is 0.971 bits per heavy atom. The maximum absolute atomic E-state index is 13.1. The van der Waals surface area contributed by atoms with E-state index in [2.05, 4.69) is 31.2 Å². The Morgan fingerprint density at radius 3 is 2.43 bits per heavy atom. The van der Waals surface area contributed by atoms with E-state index in [9.17, 15) is 9.59 Å². The molecule has 0 N–H and O–H groups in total. The summed E-state index contributed by atoms with van der Waals surface area (Å²) in [5, 5.41) is 0. The summed E-state index contributed by atoms with van der Waals surface area (Å²) in [6.45, 7) is 2.40. The van der Waals surface area contributed by atoms with Crippen LogP contribution in [-0.4, -0.2) is 23.8 Å². The molecule has 0 aliphatic carbocycles. The molecule has 0 radical (unpaired) electrons. The van der Waals surface area contributed by atoms with Crippen LogP contribution in [0.15, 0.2) is 72.8 Å². The van der Waals surface area contributed by atoms with Crippen molar-refractivity contribution in [1.82, 2.24) is 0 Å². The summed E-state index contributed by atoms with van der Waals surface area (Å²) in [6, 6.07) is 23.9. The average molecular weight is 470 g/mol. The molecule has 3 aromatic rings. The fourth-order valence-electron chi connectivity index (χ4n) is 5.08. The second-order valence-electron chi connectivity index (χ2n) is 9.48. The Morgan fingerprint density at radius 2 is 1.69 bits per heavy atom. The van der Waals surface area contributed by atoms with Gasteiger partial charge in [0.05, 0.1) is 17.4 Å². The minimum Gasteiger partial charge on any atom is -0.491 e. The molecule has 5 nitrogen and oxygen atoms in total. The van der Waals surface area contributed by atoms with Gasteiger partial charge in [-0.15, -0.1) is 0 Å². The van der Waals surface area contributed by atoms with E-state index >= 15 is 0 Å². The standard InChI is InChI=1S/C30H31NO4/c1-21(9-8-14-22-10-4-2-5-11-22)35-25-18-26-30(27(32)17-24-15-16-29(33)31(24)26)28(19-25)34-20-23-12-6-3-7-13-23/h2-7,10-13,18-19,21,24H,8-9,14-17,20H2,1H3. The zero-order chi connectivity index (χ0) is 24.2. The van der Waals surface area contributed by atoms with Crippen molar-refractivity contribution < 1.29 is 19.1 Å². The van der Waals surface area contributed by atoms with E-state index in [0.717, 1.165) is 24.8 Å². The van der Waals surface area contributed by atoms with E-state index in [1.807, 2.05) is 48.5 Å². The molecule has 5 rings (SSSR count). The van der Waals surface area contributed by atoms with Gasteiger partial charge in [0.1, 0.15) is 18.1 Å². The number of hydrogen-bond donors (Lipinski definition) is 0. The van der Waals surface area contributed by atoms with Gasteiger partial charge in [-0.3, -0.25) is 9.59 Å². The van der Waals surface area contributed by atoms with Crippen LogP contribution in [0.5, 0.6) is 11.5 Å². The summed E-state index contributed by atoms with van der Waals surface area (Å²) >= 11 is 0. The predicted molar refractivity (Wildman–Crippen MR) is 136 cm³/mol. The van der Waals surface area contributed by atoms with Crippen molar-refractivity contribution in [2.24, 2.45) is 0 Å². The van der Waals surface area contributed by atoms with Gasteiger partial charge in [0, 0.05) is 31.0 Å². The molecule has 1 amide bonds. The van der Waals surface area contributed by atoms with Gasteiger partial charge in [0.15, 0.2) is 5.78 Å². The lowest BCUT2D eigenvalue weighted by Crippen LogP contribution is -2.39. The molecule has 35 heavy (non-hydrogen) atoms. The van der Waals surface area contributed by atoms with Crippen LogP contribution in [0.4, 0.5) is 5.69 Å². The van der Waals surface area contributed by atoms with Crippen molar-refractivity contribution in [1.29, 1.82) is 0 Å². The first-order valence-corrected chi connectivity index (χ1v) is 12.5. The SMILES string of the molecule is CC(CCCc1ccccc1)Oc1cc(OCc2ccccc2)c2c(c1)N1C(=O)CCC1CC2=O. The number of rotatable bonds is 9. The Balaban J connectivity index is 1.37. The quantitative estimate of drug-likeness (QED) is 0.378. The maximum atomic E-state index is 13.1. The molecule has 5 heteroatoms. The highest BCUT2D eigenvalue weighted by Crippen LogP contribution is 2.44. The van der Waals surface area contributed by atoms with Crippen LogP contribution in [0.3, 0.4) is 0 Å². The van der Waals surface area contributed by atoms with Crippen molar-refractivity contribution in [2.45, 2.75) is 64.2 Å². The van der Waals surface area contributed by atoms with Gasteiger partial charge in [0.25, 0.3) is 0 Å². The zero-order valence-corrected chi connectivity index (χ0v) is 20.1. The van der Waals surface area contributed by atoms with Crippen LogP contribution >= 0.6 is 0 Å². The first-order chi connectivity index (χ1) is 17.1. The summed E-state index contributed by atoms with van der Waals surface area (Å²) in [6.07, 6.45) is 4.43. The summed E-state index contributed by atoms with van der Waals surface area (Å²) in [4.78, 5) is 27.6.